The minimum absolute atomic E-state index is 0.155. The Morgan fingerprint density at radius 2 is 1.60 bits per heavy atom. The average molecular weight is 439 g/mol. The fourth-order valence-electron chi connectivity index (χ4n) is 3.08. The van der Waals surface area contributed by atoms with Crippen molar-refractivity contribution in [3.63, 3.8) is 0 Å². The summed E-state index contributed by atoms with van der Waals surface area (Å²) in [5.41, 5.74) is 2.68. The van der Waals surface area contributed by atoms with E-state index in [9.17, 15) is 9.59 Å². The second kappa shape index (κ2) is 7.98. The molecule has 30 heavy (non-hydrogen) atoms. The van der Waals surface area contributed by atoms with Crippen molar-refractivity contribution in [2.75, 3.05) is 0 Å². The maximum atomic E-state index is 13.3. The van der Waals surface area contributed by atoms with Gasteiger partial charge in [-0.25, -0.2) is 4.79 Å². The number of carbonyl (C=O) groups excluding carboxylic acids is 1. The largest absolute Gasteiger partial charge is 0.452 e. The number of carbonyl (C=O) groups is 1. The standard InChI is InChI=1S/C24H16Cl2O4/c1-13-10-19-20(11-14(13)2)29-22(15-6-8-17(25)9-7-15)23(21(19)27)30-24(28)16-4-3-5-18(26)12-16/h3-12H,1-2H3. The molecule has 0 atom stereocenters. The lowest BCUT2D eigenvalue weighted by Crippen LogP contribution is -2.16. The molecular formula is C24H16Cl2O4. The van der Waals surface area contributed by atoms with Gasteiger partial charge in [-0.05, 0) is 79.6 Å². The number of hydrogen-bond donors (Lipinski definition) is 0. The quantitative estimate of drug-likeness (QED) is 0.338. The van der Waals surface area contributed by atoms with Crippen molar-refractivity contribution in [1.29, 1.82) is 0 Å². The van der Waals surface area contributed by atoms with E-state index in [0.29, 0.717) is 26.6 Å². The van der Waals surface area contributed by atoms with Gasteiger partial charge in [0.15, 0.2) is 5.76 Å². The molecule has 3 aromatic carbocycles. The van der Waals surface area contributed by atoms with Gasteiger partial charge < -0.3 is 9.15 Å². The molecule has 4 aromatic rings. The minimum atomic E-state index is -0.705. The predicted molar refractivity (Wildman–Crippen MR) is 119 cm³/mol. The van der Waals surface area contributed by atoms with Gasteiger partial charge >= 0.3 is 5.97 Å². The molecule has 150 valence electrons. The van der Waals surface area contributed by atoms with Crippen molar-refractivity contribution >= 4 is 40.1 Å². The average Bonchev–Trinajstić information content (AvgIpc) is 2.72. The van der Waals surface area contributed by atoms with Crippen LogP contribution < -0.4 is 10.2 Å². The lowest BCUT2D eigenvalue weighted by Gasteiger charge is -2.12. The molecule has 0 spiro atoms. The van der Waals surface area contributed by atoms with Crippen LogP contribution >= 0.6 is 23.2 Å². The number of rotatable bonds is 3. The third kappa shape index (κ3) is 3.84. The smallest absolute Gasteiger partial charge is 0.343 e. The van der Waals surface area contributed by atoms with Crippen LogP contribution in [0.4, 0.5) is 0 Å². The maximum Gasteiger partial charge on any atom is 0.343 e. The second-order valence-corrected chi connectivity index (χ2v) is 7.80. The first-order valence-electron chi connectivity index (χ1n) is 9.15. The van der Waals surface area contributed by atoms with Crippen molar-refractivity contribution in [2.45, 2.75) is 13.8 Å². The van der Waals surface area contributed by atoms with Crippen molar-refractivity contribution in [3.8, 4) is 17.1 Å². The summed E-state index contributed by atoms with van der Waals surface area (Å²) in [6.45, 7) is 3.84. The monoisotopic (exact) mass is 438 g/mol. The third-order valence-corrected chi connectivity index (χ3v) is 5.31. The van der Waals surface area contributed by atoms with E-state index in [1.54, 1.807) is 54.6 Å². The van der Waals surface area contributed by atoms with Crippen LogP contribution in [0, 0.1) is 13.8 Å². The molecule has 0 aliphatic carbocycles. The first-order chi connectivity index (χ1) is 14.3. The Kier molecular flexibility index (Phi) is 5.37. The molecule has 0 radical (unpaired) electrons. The number of esters is 1. The molecule has 0 bridgehead atoms. The van der Waals surface area contributed by atoms with Gasteiger partial charge in [0.05, 0.1) is 10.9 Å². The SMILES string of the molecule is Cc1cc2oc(-c3ccc(Cl)cc3)c(OC(=O)c3cccc(Cl)c3)c(=O)c2cc1C. The number of fused-ring (bicyclic) bond motifs is 1. The summed E-state index contributed by atoms with van der Waals surface area (Å²) in [5, 5.41) is 1.26. The van der Waals surface area contributed by atoms with Gasteiger partial charge in [0.1, 0.15) is 5.58 Å². The summed E-state index contributed by atoms with van der Waals surface area (Å²) in [6.07, 6.45) is 0. The highest BCUT2D eigenvalue weighted by Crippen LogP contribution is 2.33. The van der Waals surface area contributed by atoms with Gasteiger partial charge in [0.2, 0.25) is 11.2 Å². The number of ether oxygens (including phenoxy) is 1. The fraction of sp³-hybridized carbons (Fsp3) is 0.0833. The number of benzene rings is 3. The van der Waals surface area contributed by atoms with Gasteiger partial charge in [-0.15, -0.1) is 0 Å². The lowest BCUT2D eigenvalue weighted by molar-refractivity contribution is 0.0731. The predicted octanol–water partition coefficient (Wildman–Crippen LogP) is 6.60. The highest BCUT2D eigenvalue weighted by Gasteiger charge is 2.22. The van der Waals surface area contributed by atoms with E-state index in [1.807, 2.05) is 13.8 Å². The molecule has 4 nitrogen and oxygen atoms in total. The van der Waals surface area contributed by atoms with Gasteiger partial charge in [0, 0.05) is 15.6 Å². The van der Waals surface area contributed by atoms with Crippen LogP contribution in [-0.4, -0.2) is 5.97 Å². The molecular weight excluding hydrogens is 423 g/mol. The van der Waals surface area contributed by atoms with E-state index in [0.717, 1.165) is 11.1 Å². The molecule has 1 aromatic heterocycles. The van der Waals surface area contributed by atoms with Gasteiger partial charge in [0.25, 0.3) is 0 Å². The van der Waals surface area contributed by atoms with Crippen molar-refractivity contribution < 1.29 is 13.9 Å². The van der Waals surface area contributed by atoms with Crippen LogP contribution in [-0.2, 0) is 0 Å². The summed E-state index contributed by atoms with van der Waals surface area (Å²) < 4.78 is 11.6. The van der Waals surface area contributed by atoms with Crippen LogP contribution in [0.25, 0.3) is 22.3 Å². The molecule has 0 amide bonds. The van der Waals surface area contributed by atoms with Crippen LogP contribution in [0.1, 0.15) is 21.5 Å². The van der Waals surface area contributed by atoms with Gasteiger partial charge in [-0.2, -0.15) is 0 Å². The van der Waals surface area contributed by atoms with E-state index < -0.39 is 11.4 Å². The van der Waals surface area contributed by atoms with Gasteiger partial charge in [-0.3, -0.25) is 4.79 Å². The van der Waals surface area contributed by atoms with E-state index in [1.165, 1.54) is 6.07 Å². The number of hydrogen-bond acceptors (Lipinski definition) is 4. The molecule has 0 saturated heterocycles. The third-order valence-electron chi connectivity index (χ3n) is 4.83. The highest BCUT2D eigenvalue weighted by atomic mass is 35.5. The van der Waals surface area contributed by atoms with E-state index in [4.69, 9.17) is 32.4 Å². The Hall–Kier alpha value is -3.08. The molecule has 4 rings (SSSR count). The Labute approximate surface area is 182 Å². The molecule has 6 heteroatoms. The number of aryl methyl sites for hydroxylation is 2. The Morgan fingerprint density at radius 3 is 2.30 bits per heavy atom. The van der Waals surface area contributed by atoms with Crippen LogP contribution in [0.5, 0.6) is 5.75 Å². The summed E-state index contributed by atoms with van der Waals surface area (Å²) in [4.78, 5) is 26.0. The Morgan fingerprint density at radius 1 is 0.900 bits per heavy atom. The lowest BCUT2D eigenvalue weighted by atomic mass is 10.0. The maximum absolute atomic E-state index is 13.3. The second-order valence-electron chi connectivity index (χ2n) is 6.93. The van der Waals surface area contributed by atoms with Crippen LogP contribution in [0.15, 0.2) is 69.9 Å². The molecule has 0 unspecified atom stereocenters. The molecule has 0 N–H and O–H groups in total. The topological polar surface area (TPSA) is 56.5 Å². The molecule has 0 saturated carbocycles. The summed E-state index contributed by atoms with van der Waals surface area (Å²) >= 11 is 12.0. The zero-order chi connectivity index (χ0) is 21.4. The normalized spacial score (nSPS) is 10.9. The summed E-state index contributed by atoms with van der Waals surface area (Å²) in [5.74, 6) is -0.732. The number of halogens is 2. The summed E-state index contributed by atoms with van der Waals surface area (Å²) in [6, 6.07) is 16.6. The zero-order valence-electron chi connectivity index (χ0n) is 16.2. The molecule has 0 aliphatic heterocycles. The zero-order valence-corrected chi connectivity index (χ0v) is 17.7. The highest BCUT2D eigenvalue weighted by molar-refractivity contribution is 6.31. The van der Waals surface area contributed by atoms with E-state index in [-0.39, 0.29) is 17.1 Å². The Balaban J connectivity index is 1.93. The first kappa shape index (κ1) is 20.2. The van der Waals surface area contributed by atoms with Crippen molar-refractivity contribution in [1.82, 2.24) is 0 Å². The minimum Gasteiger partial charge on any atom is -0.452 e. The van der Waals surface area contributed by atoms with E-state index in [2.05, 4.69) is 0 Å². The molecule has 0 aliphatic rings. The van der Waals surface area contributed by atoms with E-state index >= 15 is 0 Å². The Bertz CT molecular complexity index is 1340. The van der Waals surface area contributed by atoms with Crippen LogP contribution in [0.2, 0.25) is 10.0 Å². The fourth-order valence-corrected chi connectivity index (χ4v) is 3.40. The summed E-state index contributed by atoms with van der Waals surface area (Å²) in [7, 11) is 0. The van der Waals surface area contributed by atoms with Crippen molar-refractivity contribution in [2.24, 2.45) is 0 Å². The van der Waals surface area contributed by atoms with Gasteiger partial charge in [-0.1, -0.05) is 29.3 Å². The molecule has 0 fully saturated rings. The van der Waals surface area contributed by atoms with Crippen molar-refractivity contribution in [3.05, 3.63) is 97.6 Å². The van der Waals surface area contributed by atoms with Crippen LogP contribution in [0.3, 0.4) is 0 Å². The molecule has 1 heterocycles. The first-order valence-corrected chi connectivity index (χ1v) is 9.91.